The van der Waals surface area contributed by atoms with Crippen LogP contribution in [-0.4, -0.2) is 41.5 Å². The molecule has 0 spiro atoms. The van der Waals surface area contributed by atoms with Crippen molar-refractivity contribution in [1.29, 1.82) is 0 Å². The fraction of sp³-hybridized carbons (Fsp3) is 0.333. The number of alkyl halides is 1. The summed E-state index contributed by atoms with van der Waals surface area (Å²) in [6.45, 7) is 5.94. The quantitative estimate of drug-likeness (QED) is 0.481. The summed E-state index contributed by atoms with van der Waals surface area (Å²) < 4.78 is 19.6. The third-order valence-corrected chi connectivity index (χ3v) is 5.57. The lowest BCUT2D eigenvalue weighted by molar-refractivity contribution is 0.350. The van der Waals surface area contributed by atoms with Crippen LogP contribution in [0, 0.1) is 5.92 Å². The van der Waals surface area contributed by atoms with Crippen LogP contribution in [0.3, 0.4) is 0 Å². The molecule has 0 saturated carbocycles. The van der Waals surface area contributed by atoms with Crippen LogP contribution in [0.2, 0.25) is 0 Å². The first kappa shape index (κ1) is 20.6. The van der Waals surface area contributed by atoms with E-state index in [1.807, 2.05) is 12.1 Å². The minimum absolute atomic E-state index is 0.153. The number of aromatic nitrogens is 7. The van der Waals surface area contributed by atoms with Crippen molar-refractivity contribution in [3.8, 4) is 22.7 Å². The molecule has 4 heterocycles. The summed E-state index contributed by atoms with van der Waals surface area (Å²) in [6, 6.07) is 3.90. The smallest absolute Gasteiger partial charge is 0.261 e. The molecule has 31 heavy (non-hydrogen) atoms. The van der Waals surface area contributed by atoms with Gasteiger partial charge < -0.3 is 10.3 Å². The molecule has 0 amide bonds. The normalized spacial score (nSPS) is 13.5. The van der Waals surface area contributed by atoms with Crippen LogP contribution >= 0.6 is 0 Å². The van der Waals surface area contributed by atoms with Crippen LogP contribution in [0.1, 0.15) is 32.2 Å². The molecule has 9 nitrogen and oxygen atoms in total. The second kappa shape index (κ2) is 8.21. The van der Waals surface area contributed by atoms with E-state index in [0.29, 0.717) is 17.3 Å². The Morgan fingerprint density at radius 3 is 2.52 bits per heavy atom. The molecule has 2 N–H and O–H groups in total. The standard InChI is InChI=1S/C21H23FN8O/c1-13(2)21(3,16-4-5-17(24-11-16)14-8-25-20(23)26-9-14)19-28-18(31-29-19)15-10-27-30(12-15)7-6-22/h4-5,8-13H,6-7H2,1-3H3,(H2,23,25,26)/t21-/m1/s1. The van der Waals surface area contributed by atoms with Gasteiger partial charge in [0.1, 0.15) is 6.67 Å². The molecule has 0 aromatic carbocycles. The maximum Gasteiger partial charge on any atom is 0.261 e. The van der Waals surface area contributed by atoms with Crippen LogP contribution in [0.15, 0.2) is 47.6 Å². The molecular formula is C21H23FN8O. The topological polar surface area (TPSA) is 121 Å². The second-order valence-corrected chi connectivity index (χ2v) is 7.72. The average molecular weight is 422 g/mol. The number of anilines is 1. The van der Waals surface area contributed by atoms with Crippen molar-refractivity contribution < 1.29 is 8.91 Å². The molecular weight excluding hydrogens is 399 g/mol. The largest absolute Gasteiger partial charge is 0.368 e. The maximum atomic E-state index is 12.6. The minimum atomic E-state index is -0.542. The lowest BCUT2D eigenvalue weighted by Crippen LogP contribution is -2.31. The van der Waals surface area contributed by atoms with Gasteiger partial charge in [0.05, 0.1) is 29.4 Å². The van der Waals surface area contributed by atoms with E-state index in [-0.39, 0.29) is 18.4 Å². The Labute approximate surface area is 178 Å². The van der Waals surface area contributed by atoms with Crippen LogP contribution in [0.4, 0.5) is 10.3 Å². The summed E-state index contributed by atoms with van der Waals surface area (Å²) >= 11 is 0. The molecule has 0 aliphatic heterocycles. The Kier molecular flexibility index (Phi) is 5.45. The summed E-state index contributed by atoms with van der Waals surface area (Å²) in [7, 11) is 0. The molecule has 0 bridgehead atoms. The number of nitrogens with two attached hydrogens (primary N) is 1. The van der Waals surface area contributed by atoms with Crippen molar-refractivity contribution in [1.82, 2.24) is 34.9 Å². The lowest BCUT2D eigenvalue weighted by atomic mass is 9.73. The second-order valence-electron chi connectivity index (χ2n) is 7.72. The van der Waals surface area contributed by atoms with Crippen molar-refractivity contribution in [2.75, 3.05) is 12.4 Å². The van der Waals surface area contributed by atoms with Crippen molar-refractivity contribution in [3.05, 3.63) is 54.5 Å². The minimum Gasteiger partial charge on any atom is -0.368 e. The van der Waals surface area contributed by atoms with Gasteiger partial charge in [-0.1, -0.05) is 25.1 Å². The number of rotatable bonds is 7. The van der Waals surface area contributed by atoms with Gasteiger partial charge in [0.25, 0.3) is 5.89 Å². The van der Waals surface area contributed by atoms with Crippen LogP contribution < -0.4 is 5.73 Å². The fourth-order valence-electron chi connectivity index (χ4n) is 3.30. The SMILES string of the molecule is CC(C)[C@](C)(c1ccc(-c2cnc(N)nc2)nc1)c1noc(-c2cnn(CCF)c2)n1. The number of halogens is 1. The number of aryl methyl sites for hydroxylation is 1. The fourth-order valence-corrected chi connectivity index (χ4v) is 3.30. The predicted octanol–water partition coefficient (Wildman–Crippen LogP) is 3.30. The number of hydrogen-bond donors (Lipinski definition) is 1. The highest BCUT2D eigenvalue weighted by Crippen LogP contribution is 2.38. The summed E-state index contributed by atoms with van der Waals surface area (Å²) in [5.41, 5.74) is 8.13. The van der Waals surface area contributed by atoms with Gasteiger partial charge in [-0.15, -0.1) is 0 Å². The highest BCUT2D eigenvalue weighted by molar-refractivity contribution is 5.58. The van der Waals surface area contributed by atoms with E-state index in [2.05, 4.69) is 51.0 Å². The summed E-state index contributed by atoms with van der Waals surface area (Å²) in [5.74, 6) is 1.26. The van der Waals surface area contributed by atoms with Gasteiger partial charge in [-0.3, -0.25) is 9.67 Å². The van der Waals surface area contributed by atoms with Gasteiger partial charge in [0.2, 0.25) is 5.95 Å². The Hall–Kier alpha value is -3.69. The summed E-state index contributed by atoms with van der Waals surface area (Å²) in [4.78, 5) is 17.2. The van der Waals surface area contributed by atoms with Crippen molar-refractivity contribution in [2.24, 2.45) is 5.92 Å². The molecule has 0 saturated heterocycles. The number of nitrogen functional groups attached to an aromatic ring is 1. The van der Waals surface area contributed by atoms with E-state index >= 15 is 0 Å². The maximum absolute atomic E-state index is 12.6. The van der Waals surface area contributed by atoms with Gasteiger partial charge in [-0.25, -0.2) is 14.4 Å². The van der Waals surface area contributed by atoms with E-state index < -0.39 is 12.1 Å². The zero-order valence-electron chi connectivity index (χ0n) is 17.5. The van der Waals surface area contributed by atoms with Gasteiger partial charge in [-0.2, -0.15) is 10.1 Å². The third-order valence-electron chi connectivity index (χ3n) is 5.57. The van der Waals surface area contributed by atoms with Crippen molar-refractivity contribution >= 4 is 5.95 Å². The Morgan fingerprint density at radius 2 is 1.87 bits per heavy atom. The Morgan fingerprint density at radius 1 is 1.10 bits per heavy atom. The van der Waals surface area contributed by atoms with Crippen LogP contribution in [0.5, 0.6) is 0 Å². The highest BCUT2D eigenvalue weighted by Gasteiger charge is 2.38. The Balaban J connectivity index is 1.66. The van der Waals surface area contributed by atoms with Crippen LogP contribution in [0.25, 0.3) is 22.7 Å². The molecule has 4 rings (SSSR count). The van der Waals surface area contributed by atoms with E-state index in [1.165, 1.54) is 4.68 Å². The zero-order valence-corrected chi connectivity index (χ0v) is 17.5. The molecule has 0 aliphatic rings. The van der Waals surface area contributed by atoms with Gasteiger partial charge in [0, 0.05) is 30.4 Å². The monoisotopic (exact) mass is 422 g/mol. The summed E-state index contributed by atoms with van der Waals surface area (Å²) in [6.07, 6.45) is 8.36. The number of pyridine rings is 1. The number of nitrogens with zero attached hydrogens (tertiary/aromatic N) is 7. The van der Waals surface area contributed by atoms with Gasteiger partial charge in [0.15, 0.2) is 5.82 Å². The first-order valence-corrected chi connectivity index (χ1v) is 9.89. The first-order valence-electron chi connectivity index (χ1n) is 9.89. The molecule has 4 aromatic rings. The molecule has 1 atom stereocenters. The lowest BCUT2D eigenvalue weighted by Gasteiger charge is -2.30. The van der Waals surface area contributed by atoms with Gasteiger partial charge in [-0.05, 0) is 24.5 Å². The van der Waals surface area contributed by atoms with Crippen molar-refractivity contribution in [3.63, 3.8) is 0 Å². The molecule has 0 aliphatic carbocycles. The Bertz CT molecular complexity index is 1150. The molecule has 0 unspecified atom stereocenters. The molecule has 10 heteroatoms. The highest BCUT2D eigenvalue weighted by atomic mass is 19.1. The van der Waals surface area contributed by atoms with E-state index in [9.17, 15) is 4.39 Å². The van der Waals surface area contributed by atoms with Gasteiger partial charge >= 0.3 is 0 Å². The third kappa shape index (κ3) is 3.88. The molecule has 0 fully saturated rings. The van der Waals surface area contributed by atoms with E-state index in [0.717, 1.165) is 16.8 Å². The summed E-state index contributed by atoms with van der Waals surface area (Å²) in [5, 5.41) is 8.36. The van der Waals surface area contributed by atoms with E-state index in [4.69, 9.17) is 10.3 Å². The average Bonchev–Trinajstić information content (AvgIpc) is 3.44. The van der Waals surface area contributed by atoms with Crippen LogP contribution in [-0.2, 0) is 12.0 Å². The molecule has 0 radical (unpaired) electrons. The predicted molar refractivity (Wildman–Crippen MR) is 112 cm³/mol. The zero-order chi connectivity index (χ0) is 22.0. The molecule has 4 aromatic heterocycles. The first-order chi connectivity index (χ1) is 14.9. The van der Waals surface area contributed by atoms with Crippen molar-refractivity contribution in [2.45, 2.75) is 32.7 Å². The van der Waals surface area contributed by atoms with E-state index in [1.54, 1.807) is 31.0 Å². The molecule has 160 valence electrons. The number of hydrogen-bond acceptors (Lipinski definition) is 8.